The highest BCUT2D eigenvalue weighted by Gasteiger charge is 2.24. The second kappa shape index (κ2) is 9.37. The van der Waals surface area contributed by atoms with E-state index in [0.717, 1.165) is 16.4 Å². The van der Waals surface area contributed by atoms with Crippen LogP contribution in [-0.2, 0) is 9.57 Å². The van der Waals surface area contributed by atoms with Gasteiger partial charge in [-0.1, -0.05) is 5.16 Å². The molecule has 0 aliphatic heterocycles. The Balaban J connectivity index is 1.61. The Kier molecular flexibility index (Phi) is 6.20. The Morgan fingerprint density at radius 1 is 1.27 bits per heavy atom. The lowest BCUT2D eigenvalue weighted by Crippen LogP contribution is -2.13. The number of methoxy groups -OCH3 is 1. The first-order valence-electron chi connectivity index (χ1n) is 8.80. The summed E-state index contributed by atoms with van der Waals surface area (Å²) in [6.07, 6.45) is 2.67. The van der Waals surface area contributed by atoms with E-state index in [2.05, 4.69) is 25.3 Å². The van der Waals surface area contributed by atoms with Gasteiger partial charge in [0, 0.05) is 12.7 Å². The Hall–Kier alpha value is -3.44. The van der Waals surface area contributed by atoms with Crippen LogP contribution < -0.4 is 4.74 Å². The molecule has 9 nitrogen and oxygen atoms in total. The smallest absolute Gasteiger partial charge is 0.263 e. The predicted molar refractivity (Wildman–Crippen MR) is 106 cm³/mol. The standard InChI is InChI=1S/C19H16FN5O4S/c1-26-4-5-28-24-8-12-6-16(21-9-14(12)20)18(19-25-23-10-27-19)29-13-2-3-15-17(7-13)30-11-22-15/h2-3,6-11,18H,4-5H2,1H3/b24-8+. The number of benzene rings is 1. The first-order chi connectivity index (χ1) is 14.7. The zero-order chi connectivity index (χ0) is 20.8. The number of nitrogens with zero attached hydrogens (tertiary/aromatic N) is 5. The highest BCUT2D eigenvalue weighted by molar-refractivity contribution is 7.16. The van der Waals surface area contributed by atoms with Gasteiger partial charge in [-0.15, -0.1) is 21.5 Å². The molecule has 0 spiro atoms. The summed E-state index contributed by atoms with van der Waals surface area (Å²) in [5.74, 6) is 0.171. The number of rotatable bonds is 9. The predicted octanol–water partition coefficient (Wildman–Crippen LogP) is 3.38. The molecule has 0 saturated heterocycles. The van der Waals surface area contributed by atoms with Crippen LogP contribution in [0, 0.1) is 5.82 Å². The highest BCUT2D eigenvalue weighted by Crippen LogP contribution is 2.30. The maximum atomic E-state index is 14.2. The molecular formula is C19H16FN5O4S. The van der Waals surface area contributed by atoms with E-state index in [4.69, 9.17) is 18.7 Å². The van der Waals surface area contributed by atoms with Gasteiger partial charge in [-0.2, -0.15) is 0 Å². The zero-order valence-corrected chi connectivity index (χ0v) is 16.6. The number of aromatic nitrogens is 4. The van der Waals surface area contributed by atoms with E-state index in [1.165, 1.54) is 30.0 Å². The van der Waals surface area contributed by atoms with Crippen LogP contribution in [0.5, 0.6) is 5.75 Å². The molecule has 154 valence electrons. The minimum absolute atomic E-state index is 0.170. The monoisotopic (exact) mass is 429 g/mol. The number of hydrogen-bond donors (Lipinski definition) is 0. The number of oxime groups is 1. The lowest BCUT2D eigenvalue weighted by Gasteiger charge is -2.16. The van der Waals surface area contributed by atoms with Crippen LogP contribution in [0.1, 0.15) is 23.3 Å². The number of fused-ring (bicyclic) bond motifs is 1. The topological polar surface area (TPSA) is 105 Å². The summed E-state index contributed by atoms with van der Waals surface area (Å²) in [7, 11) is 1.55. The molecule has 3 aromatic heterocycles. The van der Waals surface area contributed by atoms with Crippen LogP contribution in [0.15, 0.2) is 51.9 Å². The summed E-state index contributed by atoms with van der Waals surface area (Å²) >= 11 is 1.49. The molecule has 11 heteroatoms. The van der Waals surface area contributed by atoms with E-state index in [9.17, 15) is 4.39 Å². The van der Waals surface area contributed by atoms with Gasteiger partial charge >= 0.3 is 0 Å². The molecule has 1 unspecified atom stereocenters. The van der Waals surface area contributed by atoms with Gasteiger partial charge in [0.25, 0.3) is 5.89 Å². The Morgan fingerprint density at radius 2 is 2.20 bits per heavy atom. The van der Waals surface area contributed by atoms with E-state index in [0.29, 0.717) is 18.1 Å². The van der Waals surface area contributed by atoms with Crippen molar-refractivity contribution in [1.82, 2.24) is 20.2 Å². The van der Waals surface area contributed by atoms with Gasteiger partial charge < -0.3 is 18.7 Å². The molecule has 0 bridgehead atoms. The second-order valence-corrected chi connectivity index (χ2v) is 6.83. The van der Waals surface area contributed by atoms with E-state index < -0.39 is 11.9 Å². The normalized spacial score (nSPS) is 12.5. The third-order valence-corrected chi connectivity index (χ3v) is 4.77. The Bertz CT molecular complexity index is 1140. The van der Waals surface area contributed by atoms with Crippen LogP contribution in [-0.4, -0.2) is 46.7 Å². The first-order valence-corrected chi connectivity index (χ1v) is 9.68. The van der Waals surface area contributed by atoms with Crippen molar-refractivity contribution in [2.24, 2.45) is 5.16 Å². The maximum Gasteiger partial charge on any atom is 0.263 e. The average Bonchev–Trinajstić information content (AvgIpc) is 3.45. The fourth-order valence-electron chi connectivity index (χ4n) is 2.56. The van der Waals surface area contributed by atoms with Crippen LogP contribution >= 0.6 is 11.3 Å². The first kappa shape index (κ1) is 19.9. The van der Waals surface area contributed by atoms with Gasteiger partial charge in [0.15, 0.2) is 0 Å². The molecule has 4 aromatic rings. The summed E-state index contributed by atoms with van der Waals surface area (Å²) in [5, 5.41) is 11.4. The van der Waals surface area contributed by atoms with Crippen molar-refractivity contribution < 1.29 is 23.1 Å². The molecular weight excluding hydrogens is 413 g/mol. The Labute approximate surface area is 174 Å². The molecule has 0 amide bonds. The fourth-order valence-corrected chi connectivity index (χ4v) is 3.26. The molecule has 30 heavy (non-hydrogen) atoms. The van der Waals surface area contributed by atoms with Crippen LogP contribution in [0.2, 0.25) is 0 Å². The summed E-state index contributed by atoms with van der Waals surface area (Å²) in [4.78, 5) is 13.4. The summed E-state index contributed by atoms with van der Waals surface area (Å²) in [5.41, 5.74) is 3.16. The summed E-state index contributed by atoms with van der Waals surface area (Å²) in [6.45, 7) is 0.624. The van der Waals surface area contributed by atoms with Crippen molar-refractivity contribution in [3.63, 3.8) is 0 Å². The Morgan fingerprint density at radius 3 is 3.03 bits per heavy atom. The van der Waals surface area contributed by atoms with Crippen molar-refractivity contribution >= 4 is 27.8 Å². The van der Waals surface area contributed by atoms with Gasteiger partial charge in [0.2, 0.25) is 12.5 Å². The van der Waals surface area contributed by atoms with Gasteiger partial charge in [-0.05, 0) is 24.3 Å². The van der Waals surface area contributed by atoms with E-state index >= 15 is 0 Å². The number of pyridine rings is 1. The van der Waals surface area contributed by atoms with E-state index in [1.807, 2.05) is 12.1 Å². The largest absolute Gasteiger partial charge is 0.474 e. The molecule has 0 N–H and O–H groups in total. The number of thiazole rings is 1. The lowest BCUT2D eigenvalue weighted by atomic mass is 10.1. The molecule has 1 aromatic carbocycles. The minimum Gasteiger partial charge on any atom is -0.474 e. The number of halogens is 1. The zero-order valence-electron chi connectivity index (χ0n) is 15.8. The van der Waals surface area contributed by atoms with E-state index in [1.54, 1.807) is 18.7 Å². The van der Waals surface area contributed by atoms with Crippen molar-refractivity contribution in [2.75, 3.05) is 20.3 Å². The quantitative estimate of drug-likeness (QED) is 0.227. The average molecular weight is 429 g/mol. The molecule has 0 aliphatic rings. The van der Waals surface area contributed by atoms with Crippen molar-refractivity contribution in [3.05, 3.63) is 65.3 Å². The highest BCUT2D eigenvalue weighted by atomic mass is 32.1. The molecule has 0 fully saturated rings. The molecule has 3 heterocycles. The van der Waals surface area contributed by atoms with Gasteiger partial charge in [-0.3, -0.25) is 4.98 Å². The van der Waals surface area contributed by atoms with Crippen molar-refractivity contribution in [3.8, 4) is 5.75 Å². The minimum atomic E-state index is -0.847. The number of hydrogen-bond acceptors (Lipinski definition) is 10. The van der Waals surface area contributed by atoms with E-state index in [-0.39, 0.29) is 18.1 Å². The summed E-state index contributed by atoms with van der Waals surface area (Å²) in [6, 6.07) is 6.96. The van der Waals surface area contributed by atoms with Crippen LogP contribution in [0.25, 0.3) is 10.2 Å². The van der Waals surface area contributed by atoms with Gasteiger partial charge in [0.1, 0.15) is 18.2 Å². The third kappa shape index (κ3) is 4.58. The third-order valence-electron chi connectivity index (χ3n) is 3.98. The molecule has 4 rings (SSSR count). The van der Waals surface area contributed by atoms with Crippen molar-refractivity contribution in [1.29, 1.82) is 0 Å². The van der Waals surface area contributed by atoms with Crippen LogP contribution in [0.4, 0.5) is 4.39 Å². The van der Waals surface area contributed by atoms with Gasteiger partial charge in [0.05, 0.1) is 40.4 Å². The van der Waals surface area contributed by atoms with Crippen LogP contribution in [0.3, 0.4) is 0 Å². The molecule has 0 radical (unpaired) electrons. The van der Waals surface area contributed by atoms with Gasteiger partial charge in [-0.25, -0.2) is 9.37 Å². The maximum absolute atomic E-state index is 14.2. The number of ether oxygens (including phenoxy) is 2. The molecule has 0 aliphatic carbocycles. The summed E-state index contributed by atoms with van der Waals surface area (Å²) < 4.78 is 31.4. The fraction of sp³-hybridized carbons (Fsp3) is 0.211. The molecule has 0 saturated carbocycles. The molecule has 1 atom stereocenters. The second-order valence-electron chi connectivity index (χ2n) is 5.95. The SMILES string of the molecule is COCCO/N=C/c1cc(C(Oc2ccc3ncsc3c2)c2nnco2)ncc1F. The lowest BCUT2D eigenvalue weighted by molar-refractivity contribution is 0.0759. The van der Waals surface area contributed by atoms with Crippen molar-refractivity contribution in [2.45, 2.75) is 6.10 Å².